The van der Waals surface area contributed by atoms with Gasteiger partial charge in [-0.25, -0.2) is 0 Å². The van der Waals surface area contributed by atoms with Crippen LogP contribution in [0.25, 0.3) is 66.4 Å². The molecule has 0 saturated heterocycles. The molecule has 0 aliphatic rings. The first-order chi connectivity index (χ1) is 34.2. The lowest BCUT2D eigenvalue weighted by molar-refractivity contribution is 0.670. The van der Waals surface area contributed by atoms with Gasteiger partial charge >= 0.3 is 0 Å². The average molecular weight is 898 g/mol. The molecule has 0 aliphatic carbocycles. The van der Waals surface area contributed by atoms with Crippen molar-refractivity contribution in [2.24, 2.45) is 0 Å². The lowest BCUT2D eigenvalue weighted by Crippen LogP contribution is -2.74. The molecular weight excluding hydrogens is 851 g/mol. The van der Waals surface area contributed by atoms with Crippen LogP contribution in [-0.4, -0.2) is 8.07 Å². The van der Waals surface area contributed by atoms with Gasteiger partial charge in [0.05, 0.1) is 0 Å². The van der Waals surface area contributed by atoms with E-state index in [1.54, 1.807) is 0 Å². The Morgan fingerprint density at radius 3 is 1.04 bits per heavy atom. The highest BCUT2D eigenvalue weighted by Crippen LogP contribution is 2.40. The summed E-state index contributed by atoms with van der Waals surface area (Å²) in [5, 5.41) is 7.72. The van der Waals surface area contributed by atoms with E-state index in [1.165, 1.54) is 54.1 Å². The Morgan fingerprint density at radius 2 is 0.580 bits per heavy atom. The highest BCUT2D eigenvalue weighted by atomic mass is 28.3. The Hall–Kier alpha value is -8.76. The first-order valence-electron chi connectivity index (χ1n) is 23.7. The monoisotopic (exact) mass is 897 g/mol. The van der Waals surface area contributed by atoms with Gasteiger partial charge in [-0.15, -0.1) is 0 Å². The largest absolute Gasteiger partial charge is 0.455 e. The number of hydrogen-bond acceptors (Lipinski definition) is 2. The molecule has 0 bridgehead atoms. The predicted molar refractivity (Wildman–Crippen MR) is 294 cm³/mol. The minimum atomic E-state index is -2.62. The van der Waals surface area contributed by atoms with E-state index >= 15 is 0 Å². The van der Waals surface area contributed by atoms with Gasteiger partial charge in [0.2, 0.25) is 0 Å². The molecule has 1 aromatic heterocycles. The second kappa shape index (κ2) is 18.1. The van der Waals surface area contributed by atoms with E-state index in [0.29, 0.717) is 0 Å². The van der Waals surface area contributed by atoms with E-state index in [9.17, 15) is 0 Å². The number of rotatable bonds is 11. The predicted octanol–water partition coefficient (Wildman–Crippen LogP) is 15.1. The Morgan fingerprint density at radius 1 is 0.246 bits per heavy atom. The topological polar surface area (TPSA) is 16.4 Å². The Balaban J connectivity index is 0.901. The standard InChI is InChI=1S/C66H47NOSi/c1-5-16-48(17-6-1)49-28-30-50(31-29-49)51-32-40-55(41-33-51)67(57-44-36-54(37-45-57)62-25-15-26-64-63-24-13-14-27-65(63)68-66(62)64)56-42-34-52(35-43-56)53-38-46-61(47-39-53)69(58-18-7-2-8-19-58,59-20-9-3-10-21-59)60-22-11-4-12-23-60/h1-47H. The smallest absolute Gasteiger partial charge is 0.179 e. The van der Waals surface area contributed by atoms with Gasteiger partial charge in [-0.2, -0.15) is 0 Å². The molecule has 0 amide bonds. The number of anilines is 3. The van der Waals surface area contributed by atoms with Crippen LogP contribution in [0, 0.1) is 0 Å². The summed E-state index contributed by atoms with van der Waals surface area (Å²) in [4.78, 5) is 2.35. The molecule has 0 fully saturated rings. The second-order valence-corrected chi connectivity index (χ2v) is 21.4. The SMILES string of the molecule is c1ccc(-c2ccc(-c3ccc(N(c4ccc(-c5ccc([Si](c6ccccc6)(c6ccccc6)c6ccccc6)cc5)cc4)c4ccc(-c5cccc6c5oc5ccccc56)cc4)cc3)cc2)cc1. The summed E-state index contributed by atoms with van der Waals surface area (Å²) in [6.07, 6.45) is 0. The molecule has 0 radical (unpaired) electrons. The number of benzene rings is 11. The molecule has 12 aromatic rings. The lowest BCUT2D eigenvalue weighted by Gasteiger charge is -2.34. The lowest BCUT2D eigenvalue weighted by atomic mass is 9.99. The van der Waals surface area contributed by atoms with E-state index in [4.69, 9.17) is 4.42 Å². The summed E-state index contributed by atoms with van der Waals surface area (Å²) < 4.78 is 6.45. The summed E-state index contributed by atoms with van der Waals surface area (Å²) in [5.74, 6) is 0. The Bertz CT molecular complexity index is 3550. The minimum Gasteiger partial charge on any atom is -0.455 e. The van der Waals surface area contributed by atoms with Crippen LogP contribution in [0.2, 0.25) is 0 Å². The van der Waals surface area contributed by atoms with Crippen molar-refractivity contribution in [3.63, 3.8) is 0 Å². The van der Waals surface area contributed by atoms with Crippen molar-refractivity contribution in [2.45, 2.75) is 0 Å². The third kappa shape index (κ3) is 7.75. The number of nitrogens with zero attached hydrogens (tertiary/aromatic N) is 1. The van der Waals surface area contributed by atoms with Crippen molar-refractivity contribution in [1.29, 1.82) is 0 Å². The van der Waals surface area contributed by atoms with Crippen molar-refractivity contribution in [3.8, 4) is 44.5 Å². The van der Waals surface area contributed by atoms with E-state index in [1.807, 2.05) is 12.1 Å². The molecule has 0 unspecified atom stereocenters. The summed E-state index contributed by atoms with van der Waals surface area (Å²) in [6.45, 7) is 0. The fourth-order valence-electron chi connectivity index (χ4n) is 10.3. The van der Waals surface area contributed by atoms with E-state index in [0.717, 1.165) is 50.1 Å². The van der Waals surface area contributed by atoms with Gasteiger partial charge in [-0.3, -0.25) is 0 Å². The van der Waals surface area contributed by atoms with Gasteiger partial charge in [0.15, 0.2) is 8.07 Å². The van der Waals surface area contributed by atoms with Crippen LogP contribution in [0.5, 0.6) is 0 Å². The number of para-hydroxylation sites is 2. The van der Waals surface area contributed by atoms with Gasteiger partial charge in [0.1, 0.15) is 11.2 Å². The molecule has 0 saturated carbocycles. The summed E-state index contributed by atoms with van der Waals surface area (Å²) in [5.41, 5.74) is 14.3. The zero-order chi connectivity index (χ0) is 46.0. The molecule has 69 heavy (non-hydrogen) atoms. The van der Waals surface area contributed by atoms with Crippen LogP contribution in [-0.2, 0) is 0 Å². The zero-order valence-electron chi connectivity index (χ0n) is 38.0. The molecule has 2 nitrogen and oxygen atoms in total. The second-order valence-electron chi connectivity index (χ2n) is 17.6. The number of hydrogen-bond donors (Lipinski definition) is 0. The molecular formula is C66H47NOSi. The van der Waals surface area contributed by atoms with E-state index in [-0.39, 0.29) is 0 Å². The van der Waals surface area contributed by atoms with Crippen LogP contribution in [0.15, 0.2) is 290 Å². The van der Waals surface area contributed by atoms with Crippen LogP contribution in [0.3, 0.4) is 0 Å². The third-order valence-electron chi connectivity index (χ3n) is 13.7. The first-order valence-corrected chi connectivity index (χ1v) is 25.7. The van der Waals surface area contributed by atoms with Gasteiger partial charge in [0.25, 0.3) is 0 Å². The molecule has 11 aromatic carbocycles. The highest BCUT2D eigenvalue weighted by molar-refractivity contribution is 7.19. The highest BCUT2D eigenvalue weighted by Gasteiger charge is 2.41. The minimum absolute atomic E-state index is 0.902. The molecule has 0 N–H and O–H groups in total. The third-order valence-corrected chi connectivity index (χ3v) is 18.5. The maximum atomic E-state index is 6.45. The summed E-state index contributed by atoms with van der Waals surface area (Å²) >= 11 is 0. The van der Waals surface area contributed by atoms with Gasteiger partial charge in [-0.1, -0.05) is 243 Å². The van der Waals surface area contributed by atoms with E-state index < -0.39 is 8.07 Å². The summed E-state index contributed by atoms with van der Waals surface area (Å²) in [6, 6.07) is 104. The van der Waals surface area contributed by atoms with E-state index in [2.05, 4.69) is 278 Å². The molecule has 0 aliphatic heterocycles. The Kier molecular flexibility index (Phi) is 11.0. The molecule has 0 atom stereocenters. The maximum Gasteiger partial charge on any atom is 0.179 e. The van der Waals surface area contributed by atoms with Crippen LogP contribution >= 0.6 is 0 Å². The van der Waals surface area contributed by atoms with Gasteiger partial charge in [0, 0.05) is 33.4 Å². The van der Waals surface area contributed by atoms with Crippen LogP contribution in [0.1, 0.15) is 0 Å². The summed E-state index contributed by atoms with van der Waals surface area (Å²) in [7, 11) is -2.62. The van der Waals surface area contributed by atoms with Crippen molar-refractivity contribution >= 4 is 67.8 Å². The van der Waals surface area contributed by atoms with Gasteiger partial charge in [-0.05, 0) is 102 Å². The number of furan rings is 1. The van der Waals surface area contributed by atoms with Crippen LogP contribution in [0.4, 0.5) is 17.1 Å². The van der Waals surface area contributed by atoms with Crippen molar-refractivity contribution < 1.29 is 4.42 Å². The Labute approximate surface area is 404 Å². The fraction of sp³-hybridized carbons (Fsp3) is 0. The molecule has 326 valence electrons. The fourth-order valence-corrected chi connectivity index (χ4v) is 15.0. The van der Waals surface area contributed by atoms with Crippen LogP contribution < -0.4 is 25.6 Å². The van der Waals surface area contributed by atoms with Gasteiger partial charge < -0.3 is 9.32 Å². The number of fused-ring (bicyclic) bond motifs is 3. The zero-order valence-corrected chi connectivity index (χ0v) is 39.0. The first kappa shape index (κ1) is 41.7. The quantitative estimate of drug-likeness (QED) is 0.0950. The average Bonchev–Trinajstić information content (AvgIpc) is 3.82. The maximum absolute atomic E-state index is 6.45. The molecule has 1 heterocycles. The molecule has 3 heteroatoms. The van der Waals surface area contributed by atoms with Crippen molar-refractivity contribution in [3.05, 3.63) is 285 Å². The van der Waals surface area contributed by atoms with Crippen molar-refractivity contribution in [1.82, 2.24) is 0 Å². The molecule has 0 spiro atoms. The van der Waals surface area contributed by atoms with Crippen molar-refractivity contribution in [2.75, 3.05) is 4.90 Å². The molecule has 12 rings (SSSR count). The normalized spacial score (nSPS) is 11.5.